The zero-order valence-electron chi connectivity index (χ0n) is 13.5. The Bertz CT molecular complexity index is 462. The first-order valence-corrected chi connectivity index (χ1v) is 8.03. The Labute approximate surface area is 131 Å². The van der Waals surface area contributed by atoms with Gasteiger partial charge in [-0.25, -0.2) is 0 Å². The fourth-order valence-corrected chi connectivity index (χ4v) is 3.55. The van der Waals surface area contributed by atoms with Gasteiger partial charge in [0.05, 0.1) is 12.6 Å². The van der Waals surface area contributed by atoms with Gasteiger partial charge >= 0.3 is 0 Å². The highest BCUT2D eigenvalue weighted by molar-refractivity contribution is 7.99. The molecule has 3 N–H and O–H groups in total. The van der Waals surface area contributed by atoms with Crippen LogP contribution in [0.1, 0.15) is 34.1 Å². The summed E-state index contributed by atoms with van der Waals surface area (Å²) in [6.45, 7) is 8.02. The molecule has 0 saturated heterocycles. The van der Waals surface area contributed by atoms with Crippen LogP contribution in [-0.2, 0) is 4.79 Å². The third-order valence-corrected chi connectivity index (χ3v) is 4.36. The molecule has 0 heterocycles. The van der Waals surface area contributed by atoms with E-state index in [1.807, 2.05) is 45.0 Å². The maximum Gasteiger partial charge on any atom is 0.237 e. The Kier molecular flexibility index (Phi) is 6.55. The van der Waals surface area contributed by atoms with Crippen molar-refractivity contribution in [3.8, 4) is 5.75 Å². The summed E-state index contributed by atoms with van der Waals surface area (Å²) in [6.07, 6.45) is 0.678. The second-order valence-electron chi connectivity index (χ2n) is 5.80. The van der Waals surface area contributed by atoms with Crippen molar-refractivity contribution in [3.05, 3.63) is 24.3 Å². The van der Waals surface area contributed by atoms with E-state index in [-0.39, 0.29) is 17.2 Å². The van der Waals surface area contributed by atoms with Crippen molar-refractivity contribution in [1.29, 1.82) is 0 Å². The molecule has 21 heavy (non-hydrogen) atoms. The van der Waals surface area contributed by atoms with Crippen molar-refractivity contribution in [3.63, 3.8) is 0 Å². The SMILES string of the molecule is COc1ccc(SC(C)CC(C)(NC(C)C)C(N)=O)cc1. The fourth-order valence-electron chi connectivity index (χ4n) is 2.37. The molecule has 1 rings (SSSR count). The monoisotopic (exact) mass is 310 g/mol. The van der Waals surface area contributed by atoms with Crippen LogP contribution in [0, 0.1) is 0 Å². The van der Waals surface area contributed by atoms with E-state index in [2.05, 4.69) is 12.2 Å². The lowest BCUT2D eigenvalue weighted by molar-refractivity contribution is -0.124. The lowest BCUT2D eigenvalue weighted by atomic mass is 9.94. The van der Waals surface area contributed by atoms with Crippen LogP contribution < -0.4 is 15.8 Å². The lowest BCUT2D eigenvalue weighted by Crippen LogP contribution is -2.56. The van der Waals surface area contributed by atoms with Crippen molar-refractivity contribution < 1.29 is 9.53 Å². The van der Waals surface area contributed by atoms with Crippen LogP contribution in [-0.4, -0.2) is 29.8 Å². The molecule has 0 aromatic heterocycles. The minimum atomic E-state index is -0.687. The number of benzene rings is 1. The molecule has 2 unspecified atom stereocenters. The largest absolute Gasteiger partial charge is 0.497 e. The standard InChI is InChI=1S/C16H26N2O2S/c1-11(2)18-16(4,15(17)19)10-12(3)21-14-8-6-13(20-5)7-9-14/h6-9,11-12,18H,10H2,1-5H3,(H2,17,19). The minimum Gasteiger partial charge on any atom is -0.497 e. The normalized spacial score (nSPS) is 15.5. The maximum absolute atomic E-state index is 11.8. The molecule has 0 aliphatic carbocycles. The van der Waals surface area contributed by atoms with E-state index in [9.17, 15) is 4.79 Å². The molecule has 0 spiro atoms. The minimum absolute atomic E-state index is 0.209. The molecule has 0 aliphatic heterocycles. The first kappa shape index (κ1) is 17.9. The number of thioether (sulfide) groups is 1. The molecule has 0 bridgehead atoms. The van der Waals surface area contributed by atoms with Gasteiger partial charge in [-0.05, 0) is 51.5 Å². The highest BCUT2D eigenvalue weighted by Gasteiger charge is 2.33. The van der Waals surface area contributed by atoms with E-state index < -0.39 is 5.54 Å². The molecular formula is C16H26N2O2S. The topological polar surface area (TPSA) is 64.3 Å². The molecule has 0 saturated carbocycles. The number of methoxy groups -OCH3 is 1. The molecule has 4 nitrogen and oxygen atoms in total. The van der Waals surface area contributed by atoms with Crippen molar-refractivity contribution in [2.24, 2.45) is 5.73 Å². The van der Waals surface area contributed by atoms with Crippen molar-refractivity contribution >= 4 is 17.7 Å². The molecule has 1 amide bonds. The van der Waals surface area contributed by atoms with Crippen molar-refractivity contribution in [2.45, 2.75) is 55.8 Å². The summed E-state index contributed by atoms with van der Waals surface area (Å²) in [7, 11) is 1.65. The second-order valence-corrected chi connectivity index (χ2v) is 7.32. The molecule has 118 valence electrons. The molecule has 0 fully saturated rings. The molecule has 0 aliphatic rings. The van der Waals surface area contributed by atoms with Crippen LogP contribution in [0.25, 0.3) is 0 Å². The van der Waals surface area contributed by atoms with Gasteiger partial charge in [-0.1, -0.05) is 6.92 Å². The number of ether oxygens (including phenoxy) is 1. The Morgan fingerprint density at radius 2 is 1.90 bits per heavy atom. The average Bonchev–Trinajstić information content (AvgIpc) is 2.38. The number of carbonyl (C=O) groups is 1. The Morgan fingerprint density at radius 1 is 1.33 bits per heavy atom. The average molecular weight is 310 g/mol. The summed E-state index contributed by atoms with van der Waals surface area (Å²) >= 11 is 1.73. The third kappa shape index (κ3) is 5.59. The predicted octanol–water partition coefficient (Wildman–Crippen LogP) is 2.81. The zero-order valence-corrected chi connectivity index (χ0v) is 14.3. The molecule has 2 atom stereocenters. The number of rotatable bonds is 8. The number of hydrogen-bond acceptors (Lipinski definition) is 4. The number of nitrogens with one attached hydrogen (secondary N) is 1. The molecule has 1 aromatic rings. The Balaban J connectivity index is 2.68. The summed E-state index contributed by atoms with van der Waals surface area (Å²) in [4.78, 5) is 12.9. The molecule has 1 aromatic carbocycles. The summed E-state index contributed by atoms with van der Waals surface area (Å²) < 4.78 is 5.15. The molecule has 0 radical (unpaired) electrons. The van der Waals surface area contributed by atoms with Gasteiger partial charge in [0.2, 0.25) is 5.91 Å². The van der Waals surface area contributed by atoms with Crippen LogP contribution in [0.3, 0.4) is 0 Å². The predicted molar refractivity (Wildman–Crippen MR) is 88.8 cm³/mol. The van der Waals surface area contributed by atoms with Crippen molar-refractivity contribution in [1.82, 2.24) is 5.32 Å². The van der Waals surface area contributed by atoms with Gasteiger partial charge in [0.25, 0.3) is 0 Å². The number of hydrogen-bond donors (Lipinski definition) is 2. The smallest absolute Gasteiger partial charge is 0.237 e. The first-order chi connectivity index (χ1) is 9.76. The fraction of sp³-hybridized carbons (Fsp3) is 0.562. The van der Waals surface area contributed by atoms with E-state index in [4.69, 9.17) is 10.5 Å². The zero-order chi connectivity index (χ0) is 16.0. The van der Waals surface area contributed by atoms with E-state index in [0.29, 0.717) is 6.42 Å². The number of nitrogens with two attached hydrogens (primary N) is 1. The summed E-state index contributed by atoms with van der Waals surface area (Å²) in [5.41, 5.74) is 4.88. The van der Waals surface area contributed by atoms with Crippen LogP contribution in [0.15, 0.2) is 29.2 Å². The van der Waals surface area contributed by atoms with E-state index in [1.54, 1.807) is 18.9 Å². The molecule has 5 heteroatoms. The van der Waals surface area contributed by atoms with E-state index >= 15 is 0 Å². The third-order valence-electron chi connectivity index (χ3n) is 3.24. The second kappa shape index (κ2) is 7.71. The van der Waals surface area contributed by atoms with E-state index in [0.717, 1.165) is 10.6 Å². The lowest BCUT2D eigenvalue weighted by Gasteiger charge is -2.32. The van der Waals surface area contributed by atoms with Crippen LogP contribution in [0.2, 0.25) is 0 Å². The first-order valence-electron chi connectivity index (χ1n) is 7.15. The van der Waals surface area contributed by atoms with Gasteiger partial charge in [0, 0.05) is 16.2 Å². The highest BCUT2D eigenvalue weighted by Crippen LogP contribution is 2.30. The maximum atomic E-state index is 11.8. The number of primary amides is 1. The Hall–Kier alpha value is -1.20. The van der Waals surface area contributed by atoms with Gasteiger partial charge < -0.3 is 15.8 Å². The quantitative estimate of drug-likeness (QED) is 0.725. The van der Waals surface area contributed by atoms with Gasteiger partial charge in [-0.2, -0.15) is 0 Å². The van der Waals surface area contributed by atoms with Crippen molar-refractivity contribution in [2.75, 3.05) is 7.11 Å². The highest BCUT2D eigenvalue weighted by atomic mass is 32.2. The van der Waals surface area contributed by atoms with Crippen LogP contribution in [0.4, 0.5) is 0 Å². The van der Waals surface area contributed by atoms with E-state index in [1.165, 1.54) is 0 Å². The number of carbonyl (C=O) groups excluding carboxylic acids is 1. The summed E-state index contributed by atoms with van der Waals surface area (Å²) in [6, 6.07) is 8.14. The van der Waals surface area contributed by atoms with Gasteiger partial charge in [0.15, 0.2) is 0 Å². The molecular weight excluding hydrogens is 284 g/mol. The van der Waals surface area contributed by atoms with Gasteiger partial charge in [0.1, 0.15) is 5.75 Å². The van der Waals surface area contributed by atoms with Crippen LogP contribution >= 0.6 is 11.8 Å². The number of amides is 1. The summed E-state index contributed by atoms with van der Waals surface area (Å²) in [5, 5.41) is 3.55. The Morgan fingerprint density at radius 3 is 2.33 bits per heavy atom. The van der Waals surface area contributed by atoms with Gasteiger partial charge in [-0.3, -0.25) is 4.79 Å². The van der Waals surface area contributed by atoms with Crippen LogP contribution in [0.5, 0.6) is 5.75 Å². The summed E-state index contributed by atoms with van der Waals surface area (Å²) in [5.74, 6) is 0.536. The van der Waals surface area contributed by atoms with Gasteiger partial charge in [-0.15, -0.1) is 11.8 Å².